The van der Waals surface area contributed by atoms with Gasteiger partial charge in [-0.05, 0) is 52.5 Å². The second-order valence-electron chi connectivity index (χ2n) is 5.53. The van der Waals surface area contributed by atoms with E-state index in [0.717, 1.165) is 32.6 Å². The summed E-state index contributed by atoms with van der Waals surface area (Å²) in [5.74, 6) is 0. The average Bonchev–Trinajstić information content (AvgIpc) is 2.37. The van der Waals surface area contributed by atoms with Crippen molar-refractivity contribution in [3.63, 3.8) is 0 Å². The van der Waals surface area contributed by atoms with Crippen molar-refractivity contribution in [2.24, 2.45) is 0 Å². The molecule has 3 heteroatoms. The monoisotopic (exact) mass is 259 g/mol. The second kappa shape index (κ2) is 10.8. The minimum Gasteiger partial charge on any atom is -0.381 e. The highest BCUT2D eigenvalue weighted by atomic mass is 16.5. The number of hydrogen-bond donors (Lipinski definition) is 1. The summed E-state index contributed by atoms with van der Waals surface area (Å²) in [6, 6.07) is 0.656. The summed E-state index contributed by atoms with van der Waals surface area (Å²) in [4.78, 5) is 0. The van der Waals surface area contributed by atoms with E-state index in [9.17, 15) is 0 Å². The van der Waals surface area contributed by atoms with Crippen LogP contribution in [0.3, 0.4) is 0 Å². The van der Waals surface area contributed by atoms with E-state index in [1.54, 1.807) is 7.11 Å². The Morgan fingerprint density at radius 2 is 1.89 bits per heavy atom. The van der Waals surface area contributed by atoms with Crippen molar-refractivity contribution < 1.29 is 9.47 Å². The molecule has 110 valence electrons. The van der Waals surface area contributed by atoms with Gasteiger partial charge in [0.2, 0.25) is 0 Å². The van der Waals surface area contributed by atoms with Crippen molar-refractivity contribution in [2.45, 2.75) is 71.4 Å². The van der Waals surface area contributed by atoms with Gasteiger partial charge < -0.3 is 14.8 Å². The minimum atomic E-state index is -0.0609. The molecule has 0 saturated carbocycles. The molecule has 0 amide bonds. The van der Waals surface area contributed by atoms with Gasteiger partial charge in [-0.25, -0.2) is 0 Å². The van der Waals surface area contributed by atoms with Crippen molar-refractivity contribution in [3.8, 4) is 0 Å². The molecule has 0 aliphatic heterocycles. The lowest BCUT2D eigenvalue weighted by molar-refractivity contribution is -0.0103. The summed E-state index contributed by atoms with van der Waals surface area (Å²) >= 11 is 0. The maximum Gasteiger partial charge on any atom is 0.0644 e. The van der Waals surface area contributed by atoms with Crippen molar-refractivity contribution >= 4 is 0 Å². The van der Waals surface area contributed by atoms with Crippen LogP contribution in [0.2, 0.25) is 0 Å². The quantitative estimate of drug-likeness (QED) is 0.545. The van der Waals surface area contributed by atoms with Crippen LogP contribution in [0.25, 0.3) is 0 Å². The van der Waals surface area contributed by atoms with Crippen LogP contribution in [0.5, 0.6) is 0 Å². The van der Waals surface area contributed by atoms with Gasteiger partial charge in [-0.2, -0.15) is 0 Å². The fourth-order valence-corrected chi connectivity index (χ4v) is 1.75. The highest BCUT2D eigenvalue weighted by Crippen LogP contribution is 2.12. The van der Waals surface area contributed by atoms with E-state index in [4.69, 9.17) is 9.47 Å². The van der Waals surface area contributed by atoms with E-state index in [1.807, 2.05) is 0 Å². The lowest BCUT2D eigenvalue weighted by Gasteiger charge is -2.22. The van der Waals surface area contributed by atoms with Crippen LogP contribution in [0, 0.1) is 0 Å². The Labute approximate surface area is 114 Å². The molecule has 0 aliphatic rings. The first-order chi connectivity index (χ1) is 8.55. The predicted molar refractivity (Wildman–Crippen MR) is 78.1 cm³/mol. The van der Waals surface area contributed by atoms with Crippen LogP contribution >= 0.6 is 0 Å². The summed E-state index contributed by atoms with van der Waals surface area (Å²) in [6.45, 7) is 11.4. The molecule has 1 N–H and O–H groups in total. The summed E-state index contributed by atoms with van der Waals surface area (Å²) < 4.78 is 11.0. The SMILES string of the molecule is CCCNC(CC)CCCOCCC(C)(C)OC. The van der Waals surface area contributed by atoms with E-state index in [0.29, 0.717) is 6.04 Å². The summed E-state index contributed by atoms with van der Waals surface area (Å²) in [7, 11) is 1.76. The van der Waals surface area contributed by atoms with Gasteiger partial charge >= 0.3 is 0 Å². The summed E-state index contributed by atoms with van der Waals surface area (Å²) in [6.07, 6.45) is 5.72. The Balaban J connectivity index is 3.43. The van der Waals surface area contributed by atoms with E-state index >= 15 is 0 Å². The molecule has 0 saturated heterocycles. The van der Waals surface area contributed by atoms with E-state index in [2.05, 4.69) is 33.0 Å². The van der Waals surface area contributed by atoms with Crippen LogP contribution < -0.4 is 5.32 Å². The first-order valence-corrected chi connectivity index (χ1v) is 7.42. The number of rotatable bonds is 12. The Bertz CT molecular complexity index is 183. The molecule has 0 aromatic heterocycles. The molecule has 0 heterocycles. The molecular weight excluding hydrogens is 226 g/mol. The summed E-state index contributed by atoms with van der Waals surface area (Å²) in [5, 5.41) is 3.57. The second-order valence-corrected chi connectivity index (χ2v) is 5.53. The molecule has 0 spiro atoms. The largest absolute Gasteiger partial charge is 0.381 e. The Morgan fingerprint density at radius 3 is 2.44 bits per heavy atom. The molecule has 0 fully saturated rings. The molecule has 0 rings (SSSR count). The summed E-state index contributed by atoms with van der Waals surface area (Å²) in [5.41, 5.74) is -0.0609. The number of nitrogens with one attached hydrogen (secondary N) is 1. The highest BCUT2D eigenvalue weighted by Gasteiger charge is 2.15. The molecule has 18 heavy (non-hydrogen) atoms. The van der Waals surface area contributed by atoms with Crippen LogP contribution in [0.1, 0.15) is 59.8 Å². The fraction of sp³-hybridized carbons (Fsp3) is 1.00. The molecule has 3 nitrogen and oxygen atoms in total. The van der Waals surface area contributed by atoms with E-state index in [1.165, 1.54) is 19.3 Å². The molecule has 1 unspecified atom stereocenters. The average molecular weight is 259 g/mol. The van der Waals surface area contributed by atoms with Crippen molar-refractivity contribution in [1.82, 2.24) is 5.32 Å². The van der Waals surface area contributed by atoms with Gasteiger partial charge in [-0.1, -0.05) is 13.8 Å². The lowest BCUT2D eigenvalue weighted by Crippen LogP contribution is -2.29. The van der Waals surface area contributed by atoms with Crippen molar-refractivity contribution in [2.75, 3.05) is 26.9 Å². The topological polar surface area (TPSA) is 30.5 Å². The fourth-order valence-electron chi connectivity index (χ4n) is 1.75. The number of ether oxygens (including phenoxy) is 2. The van der Waals surface area contributed by atoms with Crippen LogP contribution in [-0.2, 0) is 9.47 Å². The van der Waals surface area contributed by atoms with Gasteiger partial charge in [0.1, 0.15) is 0 Å². The molecule has 0 aliphatic carbocycles. The standard InChI is InChI=1S/C15H33NO2/c1-6-11-16-14(7-2)9-8-12-18-13-10-15(3,4)17-5/h14,16H,6-13H2,1-5H3. The third-order valence-corrected chi connectivity index (χ3v) is 3.42. The van der Waals surface area contributed by atoms with Crippen LogP contribution in [0.15, 0.2) is 0 Å². The molecule has 0 bridgehead atoms. The zero-order valence-corrected chi connectivity index (χ0v) is 13.1. The van der Waals surface area contributed by atoms with Gasteiger partial charge in [0.25, 0.3) is 0 Å². The lowest BCUT2D eigenvalue weighted by atomic mass is 10.1. The molecule has 0 aromatic rings. The third-order valence-electron chi connectivity index (χ3n) is 3.42. The van der Waals surface area contributed by atoms with Crippen molar-refractivity contribution in [3.05, 3.63) is 0 Å². The predicted octanol–water partition coefficient (Wildman–Crippen LogP) is 3.38. The normalized spacial score (nSPS) is 13.8. The highest BCUT2D eigenvalue weighted by molar-refractivity contribution is 4.67. The van der Waals surface area contributed by atoms with Gasteiger partial charge in [-0.3, -0.25) is 0 Å². The zero-order chi connectivity index (χ0) is 13.9. The van der Waals surface area contributed by atoms with Gasteiger partial charge in [-0.15, -0.1) is 0 Å². The van der Waals surface area contributed by atoms with Gasteiger partial charge in [0, 0.05) is 26.4 Å². The zero-order valence-electron chi connectivity index (χ0n) is 13.1. The van der Waals surface area contributed by atoms with E-state index < -0.39 is 0 Å². The third kappa shape index (κ3) is 9.86. The first-order valence-electron chi connectivity index (χ1n) is 7.42. The first kappa shape index (κ1) is 17.9. The molecule has 0 radical (unpaired) electrons. The molecular formula is C15H33NO2. The maximum atomic E-state index is 5.66. The van der Waals surface area contributed by atoms with Gasteiger partial charge in [0.05, 0.1) is 5.60 Å². The molecule has 0 aromatic carbocycles. The molecule has 1 atom stereocenters. The van der Waals surface area contributed by atoms with E-state index in [-0.39, 0.29) is 5.60 Å². The Hall–Kier alpha value is -0.120. The Kier molecular flexibility index (Phi) is 10.7. The Morgan fingerprint density at radius 1 is 1.17 bits per heavy atom. The minimum absolute atomic E-state index is 0.0609. The van der Waals surface area contributed by atoms with Crippen LogP contribution in [0.4, 0.5) is 0 Å². The van der Waals surface area contributed by atoms with Crippen molar-refractivity contribution in [1.29, 1.82) is 0 Å². The number of methoxy groups -OCH3 is 1. The number of hydrogen-bond acceptors (Lipinski definition) is 3. The van der Waals surface area contributed by atoms with Gasteiger partial charge in [0.15, 0.2) is 0 Å². The smallest absolute Gasteiger partial charge is 0.0644 e. The van der Waals surface area contributed by atoms with Crippen LogP contribution in [-0.4, -0.2) is 38.5 Å². The maximum absolute atomic E-state index is 5.66.